The number of rotatable bonds is 7. The van der Waals surface area contributed by atoms with Crippen LogP contribution in [0.4, 0.5) is 0 Å². The number of aliphatic imine (C=N–C) groups is 1. The lowest BCUT2D eigenvalue weighted by atomic mass is 9.96. The highest BCUT2D eigenvalue weighted by Crippen LogP contribution is 2.19. The molecule has 152 valence electrons. The Morgan fingerprint density at radius 2 is 1.79 bits per heavy atom. The van der Waals surface area contributed by atoms with E-state index in [2.05, 4.69) is 25.9 Å². The molecule has 3 N–H and O–H groups in total. The maximum Gasteiger partial charge on any atom is 0.226 e. The number of benzene rings is 1. The molecule has 28 heavy (non-hydrogen) atoms. The zero-order valence-electron chi connectivity index (χ0n) is 17.4. The van der Waals surface area contributed by atoms with Gasteiger partial charge in [-0.05, 0) is 26.0 Å². The first-order chi connectivity index (χ1) is 13.3. The van der Waals surface area contributed by atoms with Crippen molar-refractivity contribution >= 4 is 11.9 Å². The molecule has 0 atom stereocenters. The molecule has 0 aliphatic carbocycles. The molecule has 0 radical (unpaired) electrons. The van der Waals surface area contributed by atoms with Crippen LogP contribution in [0.3, 0.4) is 0 Å². The number of aromatic nitrogens is 1. The number of aryl methyl sites for hydroxylation is 1. The molecule has 0 saturated heterocycles. The van der Waals surface area contributed by atoms with Crippen molar-refractivity contribution in [1.29, 1.82) is 0 Å². The van der Waals surface area contributed by atoms with Gasteiger partial charge in [0.2, 0.25) is 11.8 Å². The Kier molecular flexibility index (Phi) is 7.61. The Bertz CT molecular complexity index is 788. The van der Waals surface area contributed by atoms with E-state index in [1.807, 2.05) is 58.9 Å². The molecular formula is C21H31N5O2. The smallest absolute Gasteiger partial charge is 0.226 e. The Hall–Kier alpha value is -2.83. The summed E-state index contributed by atoms with van der Waals surface area (Å²) < 4.78 is 5.57. The topological polar surface area (TPSA) is 91.6 Å². The molecule has 2 aromatic rings. The van der Waals surface area contributed by atoms with Crippen molar-refractivity contribution in [3.05, 3.63) is 41.8 Å². The maximum atomic E-state index is 11.9. The van der Waals surface area contributed by atoms with Crippen molar-refractivity contribution in [3.63, 3.8) is 0 Å². The minimum absolute atomic E-state index is 0.0301. The summed E-state index contributed by atoms with van der Waals surface area (Å²) in [7, 11) is 0. The SMILES string of the molecule is CCNC(=NCc1coc(-c2ccc(C)cc2)n1)NCCNC(=O)C(C)(C)C. The zero-order valence-corrected chi connectivity index (χ0v) is 17.4. The minimum Gasteiger partial charge on any atom is -0.444 e. The van der Waals surface area contributed by atoms with E-state index in [1.165, 1.54) is 5.56 Å². The van der Waals surface area contributed by atoms with E-state index in [4.69, 9.17) is 4.42 Å². The fraction of sp³-hybridized carbons (Fsp3) is 0.476. The van der Waals surface area contributed by atoms with Gasteiger partial charge in [0.15, 0.2) is 5.96 Å². The number of nitrogens with zero attached hydrogens (tertiary/aromatic N) is 2. The number of hydrogen-bond acceptors (Lipinski definition) is 4. The molecule has 0 fully saturated rings. The summed E-state index contributed by atoms with van der Waals surface area (Å²) in [5.41, 5.74) is 2.51. The molecule has 0 aliphatic rings. The van der Waals surface area contributed by atoms with E-state index in [0.29, 0.717) is 31.5 Å². The average Bonchev–Trinajstić information content (AvgIpc) is 3.11. The number of oxazole rings is 1. The van der Waals surface area contributed by atoms with Crippen LogP contribution in [0.25, 0.3) is 11.5 Å². The number of hydrogen-bond donors (Lipinski definition) is 3. The molecule has 0 saturated carbocycles. The lowest BCUT2D eigenvalue weighted by Crippen LogP contribution is -2.43. The summed E-state index contributed by atoms with van der Waals surface area (Å²) in [6.07, 6.45) is 1.63. The van der Waals surface area contributed by atoms with Crippen molar-refractivity contribution in [1.82, 2.24) is 20.9 Å². The quantitative estimate of drug-likeness (QED) is 0.387. The summed E-state index contributed by atoms with van der Waals surface area (Å²) in [5, 5.41) is 9.30. The van der Waals surface area contributed by atoms with Crippen LogP contribution in [0.1, 0.15) is 39.0 Å². The van der Waals surface area contributed by atoms with Gasteiger partial charge in [0.1, 0.15) is 12.0 Å². The van der Waals surface area contributed by atoms with E-state index >= 15 is 0 Å². The van der Waals surface area contributed by atoms with Gasteiger partial charge in [-0.2, -0.15) is 0 Å². The molecule has 1 aromatic heterocycles. The predicted octanol–water partition coefficient (Wildman–Crippen LogP) is 2.87. The van der Waals surface area contributed by atoms with Crippen LogP contribution < -0.4 is 16.0 Å². The van der Waals surface area contributed by atoms with Crippen molar-refractivity contribution in [3.8, 4) is 11.5 Å². The van der Waals surface area contributed by atoms with Crippen LogP contribution in [0.5, 0.6) is 0 Å². The average molecular weight is 386 g/mol. The van der Waals surface area contributed by atoms with Crippen LogP contribution >= 0.6 is 0 Å². The third-order valence-corrected chi connectivity index (χ3v) is 3.98. The lowest BCUT2D eigenvalue weighted by molar-refractivity contribution is -0.128. The molecule has 0 unspecified atom stereocenters. The fourth-order valence-electron chi connectivity index (χ4n) is 2.33. The molecule has 7 heteroatoms. The molecule has 7 nitrogen and oxygen atoms in total. The summed E-state index contributed by atoms with van der Waals surface area (Å²) in [6, 6.07) is 8.05. The van der Waals surface area contributed by atoms with Gasteiger partial charge in [-0.3, -0.25) is 4.79 Å². The molecule has 1 amide bonds. The van der Waals surface area contributed by atoms with Gasteiger partial charge in [-0.25, -0.2) is 9.98 Å². The second-order valence-electron chi connectivity index (χ2n) is 7.64. The number of carbonyl (C=O) groups excluding carboxylic acids is 1. The molecular weight excluding hydrogens is 354 g/mol. The summed E-state index contributed by atoms with van der Waals surface area (Å²) in [6.45, 7) is 12.0. The van der Waals surface area contributed by atoms with E-state index < -0.39 is 0 Å². The molecule has 0 spiro atoms. The van der Waals surface area contributed by atoms with Crippen LogP contribution in [0.2, 0.25) is 0 Å². The predicted molar refractivity (Wildman–Crippen MR) is 112 cm³/mol. The first-order valence-electron chi connectivity index (χ1n) is 9.61. The van der Waals surface area contributed by atoms with E-state index in [9.17, 15) is 4.79 Å². The monoisotopic (exact) mass is 385 g/mol. The van der Waals surface area contributed by atoms with Gasteiger partial charge >= 0.3 is 0 Å². The highest BCUT2D eigenvalue weighted by Gasteiger charge is 2.20. The minimum atomic E-state index is -0.388. The van der Waals surface area contributed by atoms with Crippen LogP contribution in [-0.2, 0) is 11.3 Å². The second kappa shape index (κ2) is 9.92. The van der Waals surface area contributed by atoms with Crippen molar-refractivity contribution < 1.29 is 9.21 Å². The van der Waals surface area contributed by atoms with Crippen LogP contribution in [0, 0.1) is 12.3 Å². The van der Waals surface area contributed by atoms with Crippen molar-refractivity contribution in [2.24, 2.45) is 10.4 Å². The summed E-state index contributed by atoms with van der Waals surface area (Å²) in [4.78, 5) is 20.9. The molecule has 2 rings (SSSR count). The molecule has 1 heterocycles. The van der Waals surface area contributed by atoms with E-state index in [0.717, 1.165) is 17.8 Å². The van der Waals surface area contributed by atoms with E-state index in [1.54, 1.807) is 6.26 Å². The van der Waals surface area contributed by atoms with Crippen molar-refractivity contribution in [2.75, 3.05) is 19.6 Å². The first-order valence-corrected chi connectivity index (χ1v) is 9.61. The molecule has 0 aliphatic heterocycles. The summed E-state index contributed by atoms with van der Waals surface area (Å²) >= 11 is 0. The molecule has 0 bridgehead atoms. The van der Waals surface area contributed by atoms with E-state index in [-0.39, 0.29) is 11.3 Å². The van der Waals surface area contributed by atoms with Crippen molar-refractivity contribution in [2.45, 2.75) is 41.2 Å². The van der Waals surface area contributed by atoms with Gasteiger partial charge in [-0.15, -0.1) is 0 Å². The lowest BCUT2D eigenvalue weighted by Gasteiger charge is -2.18. The number of guanidine groups is 1. The number of amides is 1. The Morgan fingerprint density at radius 3 is 2.43 bits per heavy atom. The van der Waals surface area contributed by atoms with Gasteiger partial charge in [0, 0.05) is 30.6 Å². The maximum absolute atomic E-state index is 11.9. The summed E-state index contributed by atoms with van der Waals surface area (Å²) in [5.74, 6) is 1.29. The van der Waals surface area contributed by atoms with Crippen LogP contribution in [-0.4, -0.2) is 36.5 Å². The third kappa shape index (κ3) is 6.72. The Balaban J connectivity index is 1.88. The number of nitrogens with one attached hydrogen (secondary N) is 3. The molecule has 1 aromatic carbocycles. The first kappa shape index (κ1) is 21.5. The van der Waals surface area contributed by atoms with Gasteiger partial charge < -0.3 is 20.4 Å². The fourth-order valence-corrected chi connectivity index (χ4v) is 2.33. The zero-order chi connectivity index (χ0) is 20.6. The highest BCUT2D eigenvalue weighted by atomic mass is 16.3. The Morgan fingerprint density at radius 1 is 1.11 bits per heavy atom. The van der Waals surface area contributed by atoms with Gasteiger partial charge in [0.05, 0.1) is 6.54 Å². The standard InChI is InChI=1S/C21H31N5O2/c1-6-22-20(24-12-11-23-19(27)21(3,4)5)25-13-17-14-28-18(26-17)16-9-7-15(2)8-10-16/h7-10,14H,6,11-13H2,1-5H3,(H,23,27)(H2,22,24,25). The highest BCUT2D eigenvalue weighted by molar-refractivity contribution is 5.81. The van der Waals surface area contributed by atoms with Gasteiger partial charge in [0.25, 0.3) is 0 Å². The van der Waals surface area contributed by atoms with Gasteiger partial charge in [-0.1, -0.05) is 38.5 Å². The third-order valence-electron chi connectivity index (χ3n) is 3.98. The largest absolute Gasteiger partial charge is 0.444 e. The van der Waals surface area contributed by atoms with Crippen LogP contribution in [0.15, 0.2) is 39.9 Å². The number of carbonyl (C=O) groups is 1. The Labute approximate surface area is 167 Å². The normalized spacial score (nSPS) is 12.0. The second-order valence-corrected chi connectivity index (χ2v) is 7.64.